The molecule has 5 heteroatoms. The van der Waals surface area contributed by atoms with Gasteiger partial charge in [-0.15, -0.1) is 0 Å². The molecule has 0 bridgehead atoms. The molecule has 0 aliphatic heterocycles. The van der Waals surface area contributed by atoms with Crippen LogP contribution in [0.25, 0.3) is 0 Å². The SMILES string of the molecule is CCCNC(=O)CNCc1cccc(F)c1Cl. The second-order valence-electron chi connectivity index (χ2n) is 3.67. The third-order valence-electron chi connectivity index (χ3n) is 2.20. The van der Waals surface area contributed by atoms with E-state index in [0.717, 1.165) is 6.42 Å². The fourth-order valence-electron chi connectivity index (χ4n) is 1.32. The molecular formula is C12H16ClFN2O. The molecule has 0 atom stereocenters. The van der Waals surface area contributed by atoms with Gasteiger partial charge in [0.05, 0.1) is 11.6 Å². The summed E-state index contributed by atoms with van der Waals surface area (Å²) in [4.78, 5) is 11.3. The van der Waals surface area contributed by atoms with E-state index in [9.17, 15) is 9.18 Å². The van der Waals surface area contributed by atoms with Crippen molar-refractivity contribution in [2.24, 2.45) is 0 Å². The minimum Gasteiger partial charge on any atom is -0.355 e. The molecule has 0 spiro atoms. The van der Waals surface area contributed by atoms with E-state index in [2.05, 4.69) is 10.6 Å². The lowest BCUT2D eigenvalue weighted by Gasteiger charge is -2.07. The van der Waals surface area contributed by atoms with Gasteiger partial charge in [-0.2, -0.15) is 0 Å². The van der Waals surface area contributed by atoms with Gasteiger partial charge >= 0.3 is 0 Å². The lowest BCUT2D eigenvalue weighted by Crippen LogP contribution is -2.34. The Morgan fingerprint density at radius 1 is 1.47 bits per heavy atom. The van der Waals surface area contributed by atoms with Crippen molar-refractivity contribution in [3.05, 3.63) is 34.6 Å². The van der Waals surface area contributed by atoms with E-state index in [-0.39, 0.29) is 17.5 Å². The minimum atomic E-state index is -0.443. The highest BCUT2D eigenvalue weighted by atomic mass is 35.5. The van der Waals surface area contributed by atoms with E-state index >= 15 is 0 Å². The molecular weight excluding hydrogens is 243 g/mol. The largest absolute Gasteiger partial charge is 0.355 e. The normalized spacial score (nSPS) is 10.3. The Labute approximate surface area is 105 Å². The van der Waals surface area contributed by atoms with Gasteiger partial charge in [-0.3, -0.25) is 4.79 Å². The van der Waals surface area contributed by atoms with Crippen molar-refractivity contribution in [1.29, 1.82) is 0 Å². The zero-order valence-electron chi connectivity index (χ0n) is 9.72. The van der Waals surface area contributed by atoms with Crippen molar-refractivity contribution in [3.63, 3.8) is 0 Å². The Hall–Kier alpha value is -1.13. The maximum atomic E-state index is 13.1. The van der Waals surface area contributed by atoms with Gasteiger partial charge in [0, 0.05) is 13.1 Å². The van der Waals surface area contributed by atoms with E-state index in [1.54, 1.807) is 12.1 Å². The maximum Gasteiger partial charge on any atom is 0.233 e. The zero-order valence-corrected chi connectivity index (χ0v) is 10.5. The van der Waals surface area contributed by atoms with Gasteiger partial charge in [-0.05, 0) is 18.1 Å². The molecule has 0 fully saturated rings. The topological polar surface area (TPSA) is 41.1 Å². The third-order valence-corrected chi connectivity index (χ3v) is 2.63. The van der Waals surface area contributed by atoms with Crippen molar-refractivity contribution >= 4 is 17.5 Å². The summed E-state index contributed by atoms with van der Waals surface area (Å²) in [5, 5.41) is 5.76. The van der Waals surface area contributed by atoms with Crippen LogP contribution in [0.1, 0.15) is 18.9 Å². The summed E-state index contributed by atoms with van der Waals surface area (Å²) in [6.45, 7) is 3.23. The summed E-state index contributed by atoms with van der Waals surface area (Å²) in [6, 6.07) is 4.62. The molecule has 94 valence electrons. The van der Waals surface area contributed by atoms with Crippen molar-refractivity contribution in [3.8, 4) is 0 Å². The van der Waals surface area contributed by atoms with E-state index in [1.165, 1.54) is 6.07 Å². The molecule has 2 N–H and O–H groups in total. The van der Waals surface area contributed by atoms with Crippen molar-refractivity contribution in [2.75, 3.05) is 13.1 Å². The van der Waals surface area contributed by atoms with Gasteiger partial charge in [0.1, 0.15) is 5.82 Å². The Kier molecular flexibility index (Phi) is 5.94. The first-order valence-electron chi connectivity index (χ1n) is 5.55. The molecule has 0 saturated heterocycles. The minimum absolute atomic E-state index is 0.0700. The van der Waals surface area contributed by atoms with Crippen LogP contribution >= 0.6 is 11.6 Å². The molecule has 0 aliphatic rings. The predicted molar refractivity (Wildman–Crippen MR) is 66.4 cm³/mol. The van der Waals surface area contributed by atoms with Crippen LogP contribution in [-0.4, -0.2) is 19.0 Å². The van der Waals surface area contributed by atoms with Crippen LogP contribution in [0.3, 0.4) is 0 Å². The van der Waals surface area contributed by atoms with Gasteiger partial charge in [0.25, 0.3) is 0 Å². The molecule has 1 aromatic carbocycles. The van der Waals surface area contributed by atoms with E-state index in [0.29, 0.717) is 18.7 Å². The quantitative estimate of drug-likeness (QED) is 0.820. The fraction of sp³-hybridized carbons (Fsp3) is 0.417. The lowest BCUT2D eigenvalue weighted by atomic mass is 10.2. The number of rotatable bonds is 6. The summed E-state index contributed by atoms with van der Waals surface area (Å²) in [7, 11) is 0. The Morgan fingerprint density at radius 3 is 2.94 bits per heavy atom. The van der Waals surface area contributed by atoms with Crippen LogP contribution < -0.4 is 10.6 Å². The lowest BCUT2D eigenvalue weighted by molar-refractivity contribution is -0.120. The summed E-state index contributed by atoms with van der Waals surface area (Å²) in [6.07, 6.45) is 0.904. The van der Waals surface area contributed by atoms with E-state index < -0.39 is 5.82 Å². The number of carbonyl (C=O) groups excluding carboxylic acids is 1. The third kappa shape index (κ3) is 4.71. The van der Waals surface area contributed by atoms with Gasteiger partial charge in [0.2, 0.25) is 5.91 Å². The molecule has 0 radical (unpaired) electrons. The number of hydrogen-bond acceptors (Lipinski definition) is 2. The molecule has 0 heterocycles. The van der Waals surface area contributed by atoms with Crippen LogP contribution in [0.2, 0.25) is 5.02 Å². The molecule has 0 aliphatic carbocycles. The van der Waals surface area contributed by atoms with Gasteiger partial charge in [-0.25, -0.2) is 4.39 Å². The Bertz CT molecular complexity index is 385. The van der Waals surface area contributed by atoms with E-state index in [4.69, 9.17) is 11.6 Å². The van der Waals surface area contributed by atoms with Crippen LogP contribution in [-0.2, 0) is 11.3 Å². The highest BCUT2D eigenvalue weighted by Gasteiger charge is 2.05. The standard InChI is InChI=1S/C12H16ClFN2O/c1-2-6-16-11(17)8-15-7-9-4-3-5-10(14)12(9)13/h3-5,15H,2,6-8H2,1H3,(H,16,17). The predicted octanol–water partition coefficient (Wildman–Crippen LogP) is 2.09. The molecule has 3 nitrogen and oxygen atoms in total. The zero-order chi connectivity index (χ0) is 12.7. The van der Waals surface area contributed by atoms with Gasteiger partial charge in [-0.1, -0.05) is 30.7 Å². The first-order valence-corrected chi connectivity index (χ1v) is 5.93. The van der Waals surface area contributed by atoms with Crippen LogP contribution in [0.4, 0.5) is 4.39 Å². The molecule has 0 unspecified atom stereocenters. The second-order valence-corrected chi connectivity index (χ2v) is 4.04. The number of halogens is 2. The maximum absolute atomic E-state index is 13.1. The molecule has 0 aromatic heterocycles. The molecule has 1 rings (SSSR count). The molecule has 17 heavy (non-hydrogen) atoms. The van der Waals surface area contributed by atoms with Crippen molar-refractivity contribution < 1.29 is 9.18 Å². The van der Waals surface area contributed by atoms with Crippen molar-refractivity contribution in [1.82, 2.24) is 10.6 Å². The number of amides is 1. The number of carbonyl (C=O) groups is 1. The average molecular weight is 259 g/mol. The van der Waals surface area contributed by atoms with Crippen LogP contribution in [0.5, 0.6) is 0 Å². The van der Waals surface area contributed by atoms with Gasteiger partial charge < -0.3 is 10.6 Å². The summed E-state index contributed by atoms with van der Waals surface area (Å²) < 4.78 is 13.1. The number of hydrogen-bond donors (Lipinski definition) is 2. The average Bonchev–Trinajstić information content (AvgIpc) is 2.32. The van der Waals surface area contributed by atoms with Gasteiger partial charge in [0.15, 0.2) is 0 Å². The summed E-state index contributed by atoms with van der Waals surface area (Å²) in [5.41, 5.74) is 0.648. The first kappa shape index (κ1) is 13.9. The highest BCUT2D eigenvalue weighted by molar-refractivity contribution is 6.31. The number of benzene rings is 1. The Balaban J connectivity index is 2.36. The van der Waals surface area contributed by atoms with Crippen molar-refractivity contribution in [2.45, 2.75) is 19.9 Å². The van der Waals surface area contributed by atoms with Crippen LogP contribution in [0.15, 0.2) is 18.2 Å². The summed E-state index contributed by atoms with van der Waals surface area (Å²) in [5.74, 6) is -0.513. The molecule has 0 saturated carbocycles. The van der Waals surface area contributed by atoms with Crippen LogP contribution in [0, 0.1) is 5.82 Å². The monoisotopic (exact) mass is 258 g/mol. The smallest absolute Gasteiger partial charge is 0.233 e. The molecule has 1 amide bonds. The fourth-order valence-corrected chi connectivity index (χ4v) is 1.52. The highest BCUT2D eigenvalue weighted by Crippen LogP contribution is 2.18. The molecule has 1 aromatic rings. The number of nitrogens with one attached hydrogen (secondary N) is 2. The van der Waals surface area contributed by atoms with E-state index in [1.807, 2.05) is 6.92 Å². The second kappa shape index (κ2) is 7.25. The Morgan fingerprint density at radius 2 is 2.24 bits per heavy atom. The first-order chi connectivity index (χ1) is 8.15. The summed E-state index contributed by atoms with van der Waals surface area (Å²) >= 11 is 5.78.